The van der Waals surface area contributed by atoms with Crippen LogP contribution < -0.4 is 4.90 Å². The summed E-state index contributed by atoms with van der Waals surface area (Å²) in [5, 5.41) is 10.8. The molecule has 21 heavy (non-hydrogen) atoms. The Morgan fingerprint density at radius 3 is 2.81 bits per heavy atom. The van der Waals surface area contributed by atoms with Gasteiger partial charge in [-0.05, 0) is 54.1 Å². The summed E-state index contributed by atoms with van der Waals surface area (Å²) in [7, 11) is 0. The van der Waals surface area contributed by atoms with Gasteiger partial charge in [-0.3, -0.25) is 0 Å². The van der Waals surface area contributed by atoms with Crippen molar-refractivity contribution in [2.45, 2.75) is 19.4 Å². The van der Waals surface area contributed by atoms with Gasteiger partial charge in [0.1, 0.15) is 0 Å². The van der Waals surface area contributed by atoms with E-state index in [4.69, 9.17) is 5.11 Å². The Kier molecular flexibility index (Phi) is 3.80. The number of carboxylic acids is 1. The molecule has 1 aromatic carbocycles. The normalized spacial score (nSPS) is 18.0. The van der Waals surface area contributed by atoms with Crippen molar-refractivity contribution in [3.05, 3.63) is 57.8 Å². The number of carbonyl (C=O) groups is 1. The number of nitrogens with zero attached hydrogens (tertiary/aromatic N) is 1. The van der Waals surface area contributed by atoms with Crippen molar-refractivity contribution in [3.8, 4) is 0 Å². The molecule has 1 aliphatic rings. The molecule has 2 aromatic rings. The Morgan fingerprint density at radius 2 is 2.10 bits per heavy atom. The minimum absolute atomic E-state index is 0.389. The van der Waals surface area contributed by atoms with E-state index in [2.05, 4.69) is 35.4 Å². The number of aliphatic carboxylic acids is 1. The fourth-order valence-corrected chi connectivity index (χ4v) is 3.77. The second-order valence-corrected chi connectivity index (χ2v) is 6.18. The van der Waals surface area contributed by atoms with Crippen LogP contribution in [0.3, 0.4) is 0 Å². The van der Waals surface area contributed by atoms with Gasteiger partial charge >= 0.3 is 5.97 Å². The first-order chi connectivity index (χ1) is 10.1. The summed E-state index contributed by atoms with van der Waals surface area (Å²) in [6.07, 6.45) is 3.87. The van der Waals surface area contributed by atoms with Crippen molar-refractivity contribution >= 4 is 29.1 Å². The molecule has 0 spiro atoms. The molecule has 1 aliphatic heterocycles. The van der Waals surface area contributed by atoms with Gasteiger partial charge in [0, 0.05) is 23.2 Å². The first kappa shape index (κ1) is 13.9. The van der Waals surface area contributed by atoms with E-state index < -0.39 is 5.97 Å². The molecule has 0 radical (unpaired) electrons. The lowest BCUT2D eigenvalue weighted by molar-refractivity contribution is -0.131. The number of carboxylic acid groups (broad SMARTS) is 1. The zero-order valence-corrected chi connectivity index (χ0v) is 12.6. The van der Waals surface area contributed by atoms with Crippen molar-refractivity contribution in [1.29, 1.82) is 0 Å². The summed E-state index contributed by atoms with van der Waals surface area (Å²) >= 11 is 1.85. The molecule has 1 aromatic heterocycles. The molecule has 0 fully saturated rings. The van der Waals surface area contributed by atoms with Gasteiger partial charge in [0.25, 0.3) is 0 Å². The van der Waals surface area contributed by atoms with E-state index in [1.807, 2.05) is 23.5 Å². The minimum Gasteiger partial charge on any atom is -0.478 e. The van der Waals surface area contributed by atoms with Crippen molar-refractivity contribution in [2.75, 3.05) is 11.4 Å². The van der Waals surface area contributed by atoms with Crippen LogP contribution in [0.5, 0.6) is 0 Å². The van der Waals surface area contributed by atoms with Crippen LogP contribution in [0, 0.1) is 0 Å². The van der Waals surface area contributed by atoms with Gasteiger partial charge in [0.15, 0.2) is 0 Å². The number of anilines is 1. The Balaban J connectivity index is 1.80. The Morgan fingerprint density at radius 1 is 1.33 bits per heavy atom. The number of fused-ring (bicyclic) bond motifs is 1. The lowest BCUT2D eigenvalue weighted by Gasteiger charge is -2.35. The molecule has 2 heterocycles. The highest BCUT2D eigenvalue weighted by atomic mass is 32.1. The zero-order chi connectivity index (χ0) is 14.8. The van der Waals surface area contributed by atoms with Gasteiger partial charge in [-0.2, -0.15) is 0 Å². The fourth-order valence-electron chi connectivity index (χ4n) is 2.81. The van der Waals surface area contributed by atoms with Gasteiger partial charge in [-0.1, -0.05) is 12.1 Å². The molecule has 108 valence electrons. The summed E-state index contributed by atoms with van der Waals surface area (Å²) in [5.41, 5.74) is 3.52. The van der Waals surface area contributed by atoms with Crippen LogP contribution >= 0.6 is 11.3 Å². The number of rotatable bonds is 3. The standard InChI is InChI=1S/C17H17NO2S/c1-12-15-9-11-21-16(15)8-10-18(12)14-5-2-13(3-6-14)4-7-17(19)20/h2-7,9,11-12H,8,10H2,1H3,(H,19,20). The second-order valence-electron chi connectivity index (χ2n) is 5.18. The van der Waals surface area contributed by atoms with Crippen molar-refractivity contribution in [3.63, 3.8) is 0 Å². The molecule has 0 saturated heterocycles. The average molecular weight is 299 g/mol. The van der Waals surface area contributed by atoms with Crippen molar-refractivity contribution < 1.29 is 9.90 Å². The van der Waals surface area contributed by atoms with E-state index in [9.17, 15) is 4.79 Å². The molecular formula is C17H17NO2S. The molecule has 0 aliphatic carbocycles. The highest BCUT2D eigenvalue weighted by molar-refractivity contribution is 7.10. The molecule has 0 saturated carbocycles. The number of hydrogen-bond acceptors (Lipinski definition) is 3. The van der Waals surface area contributed by atoms with Gasteiger partial charge in [0.2, 0.25) is 0 Å². The molecule has 1 N–H and O–H groups in total. The molecule has 0 amide bonds. The van der Waals surface area contributed by atoms with Gasteiger partial charge in [0.05, 0.1) is 6.04 Å². The molecule has 1 unspecified atom stereocenters. The topological polar surface area (TPSA) is 40.5 Å². The summed E-state index contributed by atoms with van der Waals surface area (Å²) in [6, 6.07) is 10.7. The molecule has 3 nitrogen and oxygen atoms in total. The predicted octanol–water partition coefficient (Wildman–Crippen LogP) is 3.97. The van der Waals surface area contributed by atoms with E-state index in [1.165, 1.54) is 16.1 Å². The van der Waals surface area contributed by atoms with E-state index in [0.29, 0.717) is 6.04 Å². The highest BCUT2D eigenvalue weighted by Gasteiger charge is 2.24. The highest BCUT2D eigenvalue weighted by Crippen LogP contribution is 2.35. The lowest BCUT2D eigenvalue weighted by atomic mass is 10.0. The summed E-state index contributed by atoms with van der Waals surface area (Å²) in [6.45, 7) is 3.27. The predicted molar refractivity (Wildman–Crippen MR) is 86.9 cm³/mol. The fraction of sp³-hybridized carbons (Fsp3) is 0.235. The monoisotopic (exact) mass is 299 g/mol. The van der Waals surface area contributed by atoms with Crippen LogP contribution in [0.4, 0.5) is 5.69 Å². The Bertz CT molecular complexity index is 672. The SMILES string of the molecule is CC1c2ccsc2CCN1c1ccc(C=CC(=O)O)cc1. The Hall–Kier alpha value is -2.07. The van der Waals surface area contributed by atoms with Crippen molar-refractivity contribution in [2.24, 2.45) is 0 Å². The summed E-state index contributed by atoms with van der Waals surface area (Å²) in [5.74, 6) is -0.922. The van der Waals surface area contributed by atoms with E-state index >= 15 is 0 Å². The molecule has 1 atom stereocenters. The first-order valence-corrected chi connectivity index (χ1v) is 7.87. The smallest absolute Gasteiger partial charge is 0.328 e. The average Bonchev–Trinajstić information content (AvgIpc) is 2.96. The molecular weight excluding hydrogens is 282 g/mol. The van der Waals surface area contributed by atoms with Gasteiger partial charge in [-0.25, -0.2) is 4.79 Å². The van der Waals surface area contributed by atoms with Crippen molar-refractivity contribution in [1.82, 2.24) is 0 Å². The second kappa shape index (κ2) is 5.74. The third-order valence-corrected chi connectivity index (χ3v) is 4.92. The van der Waals surface area contributed by atoms with Gasteiger partial charge in [-0.15, -0.1) is 11.3 Å². The minimum atomic E-state index is -0.922. The Labute approximate surface area is 128 Å². The lowest BCUT2D eigenvalue weighted by Crippen LogP contribution is -2.32. The van der Waals surface area contributed by atoms with Crippen LogP contribution in [0.2, 0.25) is 0 Å². The molecule has 0 bridgehead atoms. The molecule has 4 heteroatoms. The number of thiophene rings is 1. The third kappa shape index (κ3) is 2.85. The summed E-state index contributed by atoms with van der Waals surface area (Å²) in [4.78, 5) is 14.4. The maximum Gasteiger partial charge on any atom is 0.328 e. The molecule has 3 rings (SSSR count). The van der Waals surface area contributed by atoms with Crippen LogP contribution in [-0.2, 0) is 11.2 Å². The quantitative estimate of drug-likeness (QED) is 0.872. The van der Waals surface area contributed by atoms with Crippen LogP contribution in [0.1, 0.15) is 29.0 Å². The van der Waals surface area contributed by atoms with E-state index in [1.54, 1.807) is 6.08 Å². The van der Waals surface area contributed by atoms with Crippen LogP contribution in [0.25, 0.3) is 6.08 Å². The van der Waals surface area contributed by atoms with Crippen LogP contribution in [0.15, 0.2) is 41.8 Å². The zero-order valence-electron chi connectivity index (χ0n) is 11.8. The summed E-state index contributed by atoms with van der Waals surface area (Å²) < 4.78 is 0. The van der Waals surface area contributed by atoms with Crippen LogP contribution in [-0.4, -0.2) is 17.6 Å². The van der Waals surface area contributed by atoms with E-state index in [-0.39, 0.29) is 0 Å². The maximum absolute atomic E-state index is 10.5. The third-order valence-electron chi connectivity index (χ3n) is 3.92. The maximum atomic E-state index is 10.5. The van der Waals surface area contributed by atoms with E-state index in [0.717, 1.165) is 24.6 Å². The number of hydrogen-bond donors (Lipinski definition) is 1. The first-order valence-electron chi connectivity index (χ1n) is 6.99. The number of benzene rings is 1. The largest absolute Gasteiger partial charge is 0.478 e. The van der Waals surface area contributed by atoms with Gasteiger partial charge < -0.3 is 10.0 Å².